The summed E-state index contributed by atoms with van der Waals surface area (Å²) in [6, 6.07) is 10.2. The zero-order valence-corrected chi connectivity index (χ0v) is 15.5. The largest absolute Gasteiger partial charge is 0.331 e. The summed E-state index contributed by atoms with van der Waals surface area (Å²) < 4.78 is 24.4. The Bertz CT molecular complexity index is 988. The average Bonchev–Trinajstić information content (AvgIpc) is 2.57. The van der Waals surface area contributed by atoms with Gasteiger partial charge in [-0.3, -0.25) is 4.79 Å². The monoisotopic (exact) mass is 392 g/mol. The van der Waals surface area contributed by atoms with Gasteiger partial charge in [0.25, 0.3) is 0 Å². The molecule has 2 amide bonds. The standard InChI is InChI=1S/C18H17ClN2O4S/c1-11(22)12-3-2-4-14(9-12)20-18(23)21-16-7-8-26(24,25)17-6-5-13(19)10-15(16)17/h2-6,9-10,16H,7-8H2,1H3,(H2,20,21,23). The topological polar surface area (TPSA) is 92.3 Å². The number of nitrogens with one attached hydrogen (secondary N) is 2. The Hall–Kier alpha value is -2.38. The number of sulfone groups is 1. The van der Waals surface area contributed by atoms with Crippen molar-refractivity contribution in [3.05, 3.63) is 58.6 Å². The third-order valence-corrected chi connectivity index (χ3v) is 6.24. The van der Waals surface area contributed by atoms with E-state index in [2.05, 4.69) is 10.6 Å². The SMILES string of the molecule is CC(=O)c1cccc(NC(=O)NC2CCS(=O)(=O)c3ccc(Cl)cc32)c1. The van der Waals surface area contributed by atoms with Gasteiger partial charge >= 0.3 is 6.03 Å². The van der Waals surface area contributed by atoms with Crippen LogP contribution in [-0.4, -0.2) is 26.0 Å². The second-order valence-corrected chi connectivity index (χ2v) is 8.59. The molecule has 1 aliphatic heterocycles. The van der Waals surface area contributed by atoms with E-state index < -0.39 is 21.9 Å². The Labute approximate surface area is 156 Å². The van der Waals surface area contributed by atoms with Crippen LogP contribution in [0.2, 0.25) is 5.02 Å². The first-order chi connectivity index (χ1) is 12.3. The molecule has 136 valence electrons. The van der Waals surface area contributed by atoms with E-state index in [-0.39, 0.29) is 22.9 Å². The predicted molar refractivity (Wildman–Crippen MR) is 99.5 cm³/mol. The van der Waals surface area contributed by atoms with Crippen molar-refractivity contribution in [2.75, 3.05) is 11.1 Å². The molecular weight excluding hydrogens is 376 g/mol. The molecular formula is C18H17ClN2O4S. The van der Waals surface area contributed by atoms with Crippen LogP contribution in [0.25, 0.3) is 0 Å². The Morgan fingerprint density at radius 2 is 1.92 bits per heavy atom. The third-order valence-electron chi connectivity index (χ3n) is 4.19. The van der Waals surface area contributed by atoms with Crippen molar-refractivity contribution in [1.82, 2.24) is 5.32 Å². The summed E-state index contributed by atoms with van der Waals surface area (Å²) in [5.41, 5.74) is 1.45. The Morgan fingerprint density at radius 1 is 1.15 bits per heavy atom. The van der Waals surface area contributed by atoms with E-state index >= 15 is 0 Å². The normalized spacial score (nSPS) is 17.8. The zero-order chi connectivity index (χ0) is 18.9. The molecule has 0 bridgehead atoms. The molecule has 0 saturated heterocycles. The molecule has 26 heavy (non-hydrogen) atoms. The minimum absolute atomic E-state index is 0.0492. The van der Waals surface area contributed by atoms with Crippen molar-refractivity contribution < 1.29 is 18.0 Å². The fourth-order valence-corrected chi connectivity index (χ4v) is 4.69. The summed E-state index contributed by atoms with van der Waals surface area (Å²) in [5.74, 6) is -0.151. The van der Waals surface area contributed by atoms with Crippen LogP contribution in [0.5, 0.6) is 0 Å². The lowest BCUT2D eigenvalue weighted by Gasteiger charge is -2.26. The maximum Gasteiger partial charge on any atom is 0.319 e. The van der Waals surface area contributed by atoms with Gasteiger partial charge < -0.3 is 10.6 Å². The first kappa shape index (κ1) is 18.4. The van der Waals surface area contributed by atoms with Gasteiger partial charge in [-0.25, -0.2) is 13.2 Å². The number of urea groups is 1. The molecule has 0 aliphatic carbocycles. The van der Waals surface area contributed by atoms with E-state index in [1.54, 1.807) is 30.3 Å². The molecule has 6 nitrogen and oxygen atoms in total. The molecule has 1 aliphatic rings. The van der Waals surface area contributed by atoms with E-state index in [1.807, 2.05) is 0 Å². The van der Waals surface area contributed by atoms with Crippen LogP contribution < -0.4 is 10.6 Å². The Morgan fingerprint density at radius 3 is 2.65 bits per heavy atom. The van der Waals surface area contributed by atoms with Crippen molar-refractivity contribution >= 4 is 38.9 Å². The van der Waals surface area contributed by atoms with Crippen molar-refractivity contribution in [2.24, 2.45) is 0 Å². The lowest BCUT2D eigenvalue weighted by Crippen LogP contribution is -2.36. The van der Waals surface area contributed by atoms with Gasteiger partial charge in [0.15, 0.2) is 15.6 Å². The number of hydrogen-bond donors (Lipinski definition) is 2. The van der Waals surface area contributed by atoms with Crippen LogP contribution in [0.15, 0.2) is 47.4 Å². The minimum Gasteiger partial charge on any atom is -0.331 e. The number of anilines is 1. The number of hydrogen-bond acceptors (Lipinski definition) is 4. The third kappa shape index (κ3) is 3.89. The number of benzene rings is 2. The van der Waals surface area contributed by atoms with Crippen molar-refractivity contribution in [3.8, 4) is 0 Å². The smallest absolute Gasteiger partial charge is 0.319 e. The zero-order valence-electron chi connectivity index (χ0n) is 14.0. The lowest BCUT2D eigenvalue weighted by atomic mass is 10.0. The number of halogens is 1. The first-order valence-corrected chi connectivity index (χ1v) is 10.00. The summed E-state index contributed by atoms with van der Waals surface area (Å²) in [6.45, 7) is 1.45. The van der Waals surface area contributed by atoms with Crippen molar-refractivity contribution in [3.63, 3.8) is 0 Å². The average molecular weight is 393 g/mol. The molecule has 1 heterocycles. The second kappa shape index (κ2) is 7.09. The van der Waals surface area contributed by atoms with Gasteiger partial charge in [-0.15, -0.1) is 0 Å². The Balaban J connectivity index is 1.79. The van der Waals surface area contributed by atoms with Crippen LogP contribution in [-0.2, 0) is 9.84 Å². The highest BCUT2D eigenvalue weighted by molar-refractivity contribution is 7.91. The van der Waals surface area contributed by atoms with E-state index in [0.29, 0.717) is 21.8 Å². The number of amides is 2. The predicted octanol–water partition coefficient (Wildman–Crippen LogP) is 3.58. The van der Waals surface area contributed by atoms with Gasteiger partial charge in [0.2, 0.25) is 0 Å². The quantitative estimate of drug-likeness (QED) is 0.781. The van der Waals surface area contributed by atoms with E-state index in [1.165, 1.54) is 19.1 Å². The van der Waals surface area contributed by atoms with Crippen molar-refractivity contribution in [2.45, 2.75) is 24.3 Å². The summed E-state index contributed by atoms with van der Waals surface area (Å²) in [4.78, 5) is 24.0. The van der Waals surface area contributed by atoms with Gasteiger partial charge in [0.1, 0.15) is 0 Å². The summed E-state index contributed by atoms with van der Waals surface area (Å²) in [7, 11) is -3.37. The summed E-state index contributed by atoms with van der Waals surface area (Å²) >= 11 is 5.99. The number of carbonyl (C=O) groups is 2. The van der Waals surface area contributed by atoms with E-state index in [4.69, 9.17) is 11.6 Å². The molecule has 2 aromatic rings. The fourth-order valence-electron chi connectivity index (χ4n) is 2.90. The molecule has 0 aromatic heterocycles. The number of ketones is 1. The number of Topliss-reactive ketones (excluding diaryl/α,β-unsaturated/α-hetero) is 1. The summed E-state index contributed by atoms with van der Waals surface area (Å²) in [5, 5.41) is 5.85. The maximum atomic E-state index is 12.3. The highest BCUT2D eigenvalue weighted by Gasteiger charge is 2.31. The van der Waals surface area contributed by atoms with E-state index in [9.17, 15) is 18.0 Å². The molecule has 0 saturated carbocycles. The summed E-state index contributed by atoms with van der Waals surface area (Å²) in [6.07, 6.45) is 0.260. The molecule has 3 rings (SSSR count). The molecule has 0 radical (unpaired) electrons. The number of carbonyl (C=O) groups excluding carboxylic acids is 2. The molecule has 0 spiro atoms. The van der Waals surface area contributed by atoms with Gasteiger partial charge in [0, 0.05) is 16.3 Å². The molecule has 2 N–H and O–H groups in total. The number of fused-ring (bicyclic) bond motifs is 1. The highest BCUT2D eigenvalue weighted by atomic mass is 35.5. The van der Waals surface area contributed by atoms with Crippen molar-refractivity contribution in [1.29, 1.82) is 0 Å². The minimum atomic E-state index is -3.37. The van der Waals surface area contributed by atoms with Gasteiger partial charge in [-0.2, -0.15) is 0 Å². The van der Waals surface area contributed by atoms with Crippen LogP contribution in [0.4, 0.5) is 10.5 Å². The second-order valence-electron chi connectivity index (χ2n) is 6.08. The molecule has 2 aromatic carbocycles. The van der Waals surface area contributed by atoms with Crippen LogP contribution in [0, 0.1) is 0 Å². The molecule has 8 heteroatoms. The number of rotatable bonds is 3. The van der Waals surface area contributed by atoms with E-state index in [0.717, 1.165) is 0 Å². The highest BCUT2D eigenvalue weighted by Crippen LogP contribution is 2.34. The van der Waals surface area contributed by atoms with Gasteiger partial charge in [0.05, 0.1) is 16.7 Å². The molecule has 1 atom stereocenters. The van der Waals surface area contributed by atoms with Crippen LogP contribution in [0.1, 0.15) is 35.3 Å². The Kier molecular flexibility index (Phi) is 5.02. The first-order valence-electron chi connectivity index (χ1n) is 7.97. The lowest BCUT2D eigenvalue weighted by molar-refractivity contribution is 0.101. The molecule has 1 unspecified atom stereocenters. The fraction of sp³-hybridized carbons (Fsp3) is 0.222. The van der Waals surface area contributed by atoms with Gasteiger partial charge in [-0.1, -0.05) is 23.7 Å². The molecule has 0 fully saturated rings. The van der Waals surface area contributed by atoms with Crippen LogP contribution >= 0.6 is 11.6 Å². The maximum absolute atomic E-state index is 12.3. The van der Waals surface area contributed by atoms with Gasteiger partial charge in [-0.05, 0) is 49.2 Å². The van der Waals surface area contributed by atoms with Crippen LogP contribution in [0.3, 0.4) is 0 Å².